The molecule has 3 rings (SSSR count). The zero-order chi connectivity index (χ0) is 25.6. The van der Waals surface area contributed by atoms with Crippen molar-refractivity contribution in [3.63, 3.8) is 0 Å². The van der Waals surface area contributed by atoms with Crippen molar-refractivity contribution in [2.24, 2.45) is 11.3 Å². The molecule has 0 spiro atoms. The summed E-state index contributed by atoms with van der Waals surface area (Å²) in [6, 6.07) is 5.42. The summed E-state index contributed by atoms with van der Waals surface area (Å²) in [6.07, 6.45) is 4.33. The first kappa shape index (κ1) is 27.3. The molecule has 2 aliphatic rings. The number of carboxylic acid groups (broad SMARTS) is 1. The Balaban J connectivity index is 1.91. The molecule has 2 aliphatic heterocycles. The number of carbonyl (C=O) groups excluding carboxylic acids is 1. The highest BCUT2D eigenvalue weighted by molar-refractivity contribution is 5.78. The molecule has 1 amide bonds. The number of hydrogen-bond donors (Lipinski definition) is 1. The Kier molecular flexibility index (Phi) is 9.41. The summed E-state index contributed by atoms with van der Waals surface area (Å²) in [5, 5.41) is 11.9. The second kappa shape index (κ2) is 12.1. The first-order valence-electron chi connectivity index (χ1n) is 13.0. The van der Waals surface area contributed by atoms with E-state index in [1.807, 2.05) is 32.0 Å². The van der Waals surface area contributed by atoms with E-state index in [4.69, 9.17) is 14.3 Å². The summed E-state index contributed by atoms with van der Waals surface area (Å²) in [5.74, 6) is -0.508. The predicted octanol–water partition coefficient (Wildman–Crippen LogP) is 4.68. The highest BCUT2D eigenvalue weighted by Crippen LogP contribution is 2.45. The van der Waals surface area contributed by atoms with Crippen molar-refractivity contribution in [3.05, 3.63) is 23.8 Å². The number of hydroxylamine groups is 2. The van der Waals surface area contributed by atoms with Gasteiger partial charge < -0.3 is 14.6 Å². The minimum Gasteiger partial charge on any atom is -0.481 e. The number of rotatable bonds is 13. The van der Waals surface area contributed by atoms with Crippen molar-refractivity contribution in [1.82, 2.24) is 9.96 Å². The van der Waals surface area contributed by atoms with E-state index in [1.54, 1.807) is 0 Å². The maximum absolute atomic E-state index is 13.3. The summed E-state index contributed by atoms with van der Waals surface area (Å²) in [6.45, 7) is 12.4. The van der Waals surface area contributed by atoms with E-state index in [2.05, 4.69) is 25.7 Å². The number of nitrogens with zero attached hydrogens (tertiary/aromatic N) is 2. The van der Waals surface area contributed by atoms with Crippen molar-refractivity contribution >= 4 is 11.9 Å². The molecule has 1 aromatic rings. The normalized spacial score (nSPS) is 21.9. The van der Waals surface area contributed by atoms with Crippen molar-refractivity contribution < 1.29 is 29.0 Å². The van der Waals surface area contributed by atoms with E-state index in [1.165, 1.54) is 5.06 Å². The fourth-order valence-corrected chi connectivity index (χ4v) is 5.49. The number of likely N-dealkylation sites (tertiary alicyclic amines) is 1. The molecule has 0 radical (unpaired) electrons. The number of aliphatic carboxylic acids is 1. The van der Waals surface area contributed by atoms with Gasteiger partial charge in [0.25, 0.3) is 5.91 Å². The van der Waals surface area contributed by atoms with Crippen LogP contribution >= 0.6 is 0 Å². The van der Waals surface area contributed by atoms with Gasteiger partial charge in [-0.2, -0.15) is 0 Å². The number of carbonyl (C=O) groups is 2. The second-order valence-electron chi connectivity index (χ2n) is 10.5. The van der Waals surface area contributed by atoms with Gasteiger partial charge in [0.15, 0.2) is 11.5 Å². The van der Waals surface area contributed by atoms with Gasteiger partial charge in [-0.15, -0.1) is 0 Å². The van der Waals surface area contributed by atoms with E-state index in [0.29, 0.717) is 37.6 Å². The average molecular weight is 491 g/mol. The fraction of sp³-hybridized carbons (Fsp3) is 0.704. The Labute approximate surface area is 209 Å². The van der Waals surface area contributed by atoms with Crippen LogP contribution in [0.3, 0.4) is 0 Å². The van der Waals surface area contributed by atoms with E-state index in [0.717, 1.165) is 31.2 Å². The maximum Gasteiger partial charge on any atom is 0.308 e. The Bertz CT molecular complexity index is 873. The molecular formula is C27H42N2O6. The molecule has 2 heterocycles. The lowest BCUT2D eigenvalue weighted by molar-refractivity contribution is -0.188. The zero-order valence-corrected chi connectivity index (χ0v) is 21.9. The minimum atomic E-state index is -0.826. The summed E-state index contributed by atoms with van der Waals surface area (Å²) in [4.78, 5) is 33.8. The topological polar surface area (TPSA) is 88.5 Å². The van der Waals surface area contributed by atoms with E-state index in [-0.39, 0.29) is 36.6 Å². The highest BCUT2D eigenvalue weighted by Gasteiger charge is 2.49. The van der Waals surface area contributed by atoms with E-state index >= 15 is 0 Å². The molecule has 0 aromatic heterocycles. The number of amides is 1. The molecule has 35 heavy (non-hydrogen) atoms. The lowest BCUT2D eigenvalue weighted by atomic mass is 9.76. The average Bonchev–Trinajstić information content (AvgIpc) is 3.40. The van der Waals surface area contributed by atoms with Crippen LogP contribution in [-0.4, -0.2) is 66.0 Å². The SMILES string of the molecule is CCCON(CCC)C(=O)CN1C[C@H](c2ccc3c(c2)OCO3)[C@@H](C(=O)O)[C@@H]1CC(C)(C)CCC. The Morgan fingerprint density at radius 3 is 2.54 bits per heavy atom. The zero-order valence-electron chi connectivity index (χ0n) is 21.9. The summed E-state index contributed by atoms with van der Waals surface area (Å²) in [7, 11) is 0. The van der Waals surface area contributed by atoms with Crippen LogP contribution in [0, 0.1) is 11.3 Å². The molecule has 1 fully saturated rings. The third-order valence-electron chi connectivity index (χ3n) is 7.04. The molecule has 0 bridgehead atoms. The van der Waals surface area contributed by atoms with Crippen LogP contribution in [0.4, 0.5) is 0 Å². The molecule has 8 nitrogen and oxygen atoms in total. The van der Waals surface area contributed by atoms with Crippen LogP contribution in [0.5, 0.6) is 11.5 Å². The highest BCUT2D eigenvalue weighted by atomic mass is 16.7. The van der Waals surface area contributed by atoms with E-state index < -0.39 is 11.9 Å². The van der Waals surface area contributed by atoms with Gasteiger partial charge in [-0.25, -0.2) is 5.06 Å². The van der Waals surface area contributed by atoms with Gasteiger partial charge in [-0.05, 0) is 48.8 Å². The Hall–Kier alpha value is -2.32. The van der Waals surface area contributed by atoms with Gasteiger partial charge in [0, 0.05) is 25.0 Å². The fourth-order valence-electron chi connectivity index (χ4n) is 5.49. The summed E-state index contributed by atoms with van der Waals surface area (Å²) in [5.41, 5.74) is 0.863. The Morgan fingerprint density at radius 1 is 1.14 bits per heavy atom. The van der Waals surface area contributed by atoms with Crippen molar-refractivity contribution in [2.45, 2.75) is 78.7 Å². The standard InChI is InChI=1S/C27H42N2O6/c1-6-11-27(4,5)15-21-25(26(31)32)20(19-9-10-22-23(14-19)34-18-33-22)16-28(21)17-24(30)29(12-7-2)35-13-8-3/h9-10,14,20-21,25H,6-8,11-13,15-18H2,1-5H3,(H,31,32)/t20-,21+,25-/m1/s1. The molecule has 0 aliphatic carbocycles. The molecule has 8 heteroatoms. The first-order chi connectivity index (χ1) is 16.7. The lowest BCUT2D eigenvalue weighted by Crippen LogP contribution is -2.45. The van der Waals surface area contributed by atoms with Gasteiger partial charge in [0.05, 0.1) is 19.1 Å². The largest absolute Gasteiger partial charge is 0.481 e. The third kappa shape index (κ3) is 6.67. The number of benzene rings is 1. The van der Waals surface area contributed by atoms with Crippen LogP contribution in [-0.2, 0) is 14.4 Å². The number of hydrogen-bond acceptors (Lipinski definition) is 6. The number of fused-ring (bicyclic) bond motifs is 1. The van der Waals surface area contributed by atoms with Gasteiger partial charge >= 0.3 is 5.97 Å². The molecule has 1 N–H and O–H groups in total. The van der Waals surface area contributed by atoms with Crippen LogP contribution < -0.4 is 9.47 Å². The van der Waals surface area contributed by atoms with Gasteiger partial charge in [0.2, 0.25) is 6.79 Å². The second-order valence-corrected chi connectivity index (χ2v) is 10.5. The lowest BCUT2D eigenvalue weighted by Gasteiger charge is -2.35. The molecule has 196 valence electrons. The number of carboxylic acids is 1. The molecule has 1 aromatic carbocycles. The van der Waals surface area contributed by atoms with Crippen LogP contribution in [0.2, 0.25) is 0 Å². The summed E-state index contributed by atoms with van der Waals surface area (Å²) < 4.78 is 11.0. The molecule has 0 saturated carbocycles. The molecule has 3 atom stereocenters. The van der Waals surface area contributed by atoms with Crippen LogP contribution in [0.25, 0.3) is 0 Å². The third-order valence-corrected chi connectivity index (χ3v) is 7.04. The van der Waals surface area contributed by atoms with Crippen molar-refractivity contribution in [3.8, 4) is 11.5 Å². The molecule has 1 saturated heterocycles. The minimum absolute atomic E-state index is 0.0417. The quantitative estimate of drug-likeness (QED) is 0.402. The van der Waals surface area contributed by atoms with E-state index in [9.17, 15) is 14.7 Å². The molecular weight excluding hydrogens is 448 g/mol. The maximum atomic E-state index is 13.3. The Morgan fingerprint density at radius 2 is 1.89 bits per heavy atom. The van der Waals surface area contributed by atoms with Crippen molar-refractivity contribution in [2.75, 3.05) is 33.0 Å². The monoisotopic (exact) mass is 490 g/mol. The van der Waals surface area contributed by atoms with Gasteiger partial charge in [-0.1, -0.05) is 47.1 Å². The van der Waals surface area contributed by atoms with Crippen LogP contribution in [0.1, 0.15) is 78.2 Å². The summed E-state index contributed by atoms with van der Waals surface area (Å²) >= 11 is 0. The van der Waals surface area contributed by atoms with Gasteiger partial charge in [-0.3, -0.25) is 19.3 Å². The predicted molar refractivity (Wildman–Crippen MR) is 133 cm³/mol. The molecule has 0 unspecified atom stereocenters. The smallest absolute Gasteiger partial charge is 0.308 e. The first-order valence-corrected chi connectivity index (χ1v) is 13.0. The number of ether oxygens (including phenoxy) is 2. The van der Waals surface area contributed by atoms with Crippen molar-refractivity contribution in [1.29, 1.82) is 0 Å². The van der Waals surface area contributed by atoms with Gasteiger partial charge in [0.1, 0.15) is 0 Å². The van der Waals surface area contributed by atoms with Crippen LogP contribution in [0.15, 0.2) is 18.2 Å².